The number of rotatable bonds is 7. The molecule has 0 radical (unpaired) electrons. The zero-order valence-corrected chi connectivity index (χ0v) is 13.8. The first-order chi connectivity index (χ1) is 10.2. The van der Waals surface area contributed by atoms with Crippen LogP contribution in [0.3, 0.4) is 0 Å². The van der Waals surface area contributed by atoms with Crippen molar-refractivity contribution in [3.63, 3.8) is 0 Å². The zero-order chi connectivity index (χ0) is 15.2. The highest BCUT2D eigenvalue weighted by Gasteiger charge is 2.14. The summed E-state index contributed by atoms with van der Waals surface area (Å²) in [6, 6.07) is 6.08. The second-order valence-corrected chi connectivity index (χ2v) is 5.87. The van der Waals surface area contributed by atoms with Gasteiger partial charge in [0, 0.05) is 17.1 Å². The molecule has 21 heavy (non-hydrogen) atoms. The van der Waals surface area contributed by atoms with Crippen molar-refractivity contribution in [3.8, 4) is 22.1 Å². The molecule has 0 bridgehead atoms. The third-order valence-corrected chi connectivity index (χ3v) is 4.50. The molecule has 1 aromatic heterocycles. The van der Waals surface area contributed by atoms with E-state index in [2.05, 4.69) is 24.1 Å². The highest BCUT2D eigenvalue weighted by Crippen LogP contribution is 2.36. The molecule has 0 aliphatic carbocycles. The van der Waals surface area contributed by atoms with E-state index in [4.69, 9.17) is 9.47 Å². The van der Waals surface area contributed by atoms with Gasteiger partial charge in [-0.2, -0.15) is 0 Å². The minimum Gasteiger partial charge on any atom is -0.497 e. The molecule has 0 aliphatic rings. The lowest BCUT2D eigenvalue weighted by molar-refractivity contribution is 0.404. The van der Waals surface area contributed by atoms with Gasteiger partial charge in [0.1, 0.15) is 16.5 Å². The summed E-state index contributed by atoms with van der Waals surface area (Å²) in [4.78, 5) is 5.77. The molecule has 0 amide bonds. The SMILES string of the molecule is CCCNC(C)c1cnc(-c2cc(OC)ccc2OC)s1. The Bertz CT molecular complexity index is 583. The van der Waals surface area contributed by atoms with Crippen LogP contribution in [-0.2, 0) is 0 Å². The van der Waals surface area contributed by atoms with E-state index in [0.29, 0.717) is 6.04 Å². The smallest absolute Gasteiger partial charge is 0.129 e. The lowest BCUT2D eigenvalue weighted by Gasteiger charge is -2.10. The maximum Gasteiger partial charge on any atom is 0.129 e. The van der Waals surface area contributed by atoms with E-state index in [1.54, 1.807) is 25.6 Å². The molecule has 5 heteroatoms. The third kappa shape index (κ3) is 3.74. The maximum absolute atomic E-state index is 5.43. The Morgan fingerprint density at radius 1 is 1.29 bits per heavy atom. The third-order valence-electron chi connectivity index (χ3n) is 3.29. The predicted octanol–water partition coefficient (Wildman–Crippen LogP) is 3.89. The number of hydrogen-bond donors (Lipinski definition) is 1. The largest absolute Gasteiger partial charge is 0.497 e. The fourth-order valence-electron chi connectivity index (χ4n) is 2.05. The molecule has 1 unspecified atom stereocenters. The summed E-state index contributed by atoms with van der Waals surface area (Å²) < 4.78 is 10.7. The van der Waals surface area contributed by atoms with Crippen molar-refractivity contribution in [3.05, 3.63) is 29.3 Å². The molecule has 2 rings (SSSR count). The van der Waals surface area contributed by atoms with E-state index < -0.39 is 0 Å². The van der Waals surface area contributed by atoms with E-state index >= 15 is 0 Å². The van der Waals surface area contributed by atoms with Crippen LogP contribution in [0, 0.1) is 0 Å². The lowest BCUT2D eigenvalue weighted by atomic mass is 10.2. The van der Waals surface area contributed by atoms with E-state index in [9.17, 15) is 0 Å². The van der Waals surface area contributed by atoms with Gasteiger partial charge in [-0.1, -0.05) is 6.92 Å². The molecule has 0 aliphatic heterocycles. The van der Waals surface area contributed by atoms with Crippen LogP contribution in [0.15, 0.2) is 24.4 Å². The molecular weight excluding hydrogens is 284 g/mol. The first-order valence-electron chi connectivity index (χ1n) is 7.11. The van der Waals surface area contributed by atoms with Crippen LogP contribution in [0.25, 0.3) is 10.6 Å². The number of thiazole rings is 1. The molecule has 1 heterocycles. The van der Waals surface area contributed by atoms with Crippen molar-refractivity contribution < 1.29 is 9.47 Å². The Hall–Kier alpha value is -1.59. The molecule has 114 valence electrons. The number of methoxy groups -OCH3 is 2. The van der Waals surface area contributed by atoms with Crippen LogP contribution in [0.2, 0.25) is 0 Å². The number of aromatic nitrogens is 1. The molecule has 1 N–H and O–H groups in total. The van der Waals surface area contributed by atoms with Crippen LogP contribution < -0.4 is 14.8 Å². The molecule has 0 fully saturated rings. The first kappa shape index (κ1) is 15.8. The topological polar surface area (TPSA) is 43.4 Å². The van der Waals surface area contributed by atoms with Gasteiger partial charge in [0.2, 0.25) is 0 Å². The molecule has 1 aromatic carbocycles. The zero-order valence-electron chi connectivity index (χ0n) is 13.0. The van der Waals surface area contributed by atoms with Gasteiger partial charge in [0.05, 0.1) is 19.8 Å². The van der Waals surface area contributed by atoms with Crippen molar-refractivity contribution in [2.45, 2.75) is 26.3 Å². The van der Waals surface area contributed by atoms with Crippen molar-refractivity contribution in [1.82, 2.24) is 10.3 Å². The maximum atomic E-state index is 5.43. The predicted molar refractivity (Wildman–Crippen MR) is 87.4 cm³/mol. The summed E-state index contributed by atoms with van der Waals surface area (Å²) in [6.07, 6.45) is 3.06. The van der Waals surface area contributed by atoms with Gasteiger partial charge in [-0.3, -0.25) is 0 Å². The van der Waals surface area contributed by atoms with Gasteiger partial charge in [0.15, 0.2) is 0 Å². The molecular formula is C16H22N2O2S. The standard InChI is InChI=1S/C16H22N2O2S/c1-5-8-17-11(2)15-10-18-16(21-15)13-9-12(19-3)6-7-14(13)20-4/h6-7,9-11,17H,5,8H2,1-4H3. The number of nitrogens with one attached hydrogen (secondary N) is 1. The second-order valence-electron chi connectivity index (χ2n) is 4.81. The fourth-order valence-corrected chi connectivity index (χ4v) is 3.02. The summed E-state index contributed by atoms with van der Waals surface area (Å²) in [6.45, 7) is 5.34. The molecule has 0 spiro atoms. The average molecular weight is 306 g/mol. The van der Waals surface area contributed by atoms with Crippen molar-refractivity contribution in [1.29, 1.82) is 0 Å². The van der Waals surface area contributed by atoms with Crippen LogP contribution in [-0.4, -0.2) is 25.7 Å². The van der Waals surface area contributed by atoms with E-state index in [-0.39, 0.29) is 0 Å². The highest BCUT2D eigenvalue weighted by atomic mass is 32.1. The minimum absolute atomic E-state index is 0.313. The average Bonchev–Trinajstić information content (AvgIpc) is 3.01. The Morgan fingerprint density at radius 3 is 2.76 bits per heavy atom. The van der Waals surface area contributed by atoms with E-state index in [1.165, 1.54) is 4.88 Å². The van der Waals surface area contributed by atoms with Crippen molar-refractivity contribution >= 4 is 11.3 Å². The van der Waals surface area contributed by atoms with E-state index in [0.717, 1.165) is 35.0 Å². The van der Waals surface area contributed by atoms with Gasteiger partial charge in [0.25, 0.3) is 0 Å². The van der Waals surface area contributed by atoms with Crippen LogP contribution in [0.1, 0.15) is 31.2 Å². The van der Waals surface area contributed by atoms with Gasteiger partial charge in [-0.15, -0.1) is 11.3 Å². The van der Waals surface area contributed by atoms with E-state index in [1.807, 2.05) is 24.4 Å². The molecule has 4 nitrogen and oxygen atoms in total. The molecule has 1 atom stereocenters. The van der Waals surface area contributed by atoms with Crippen molar-refractivity contribution in [2.24, 2.45) is 0 Å². The van der Waals surface area contributed by atoms with Gasteiger partial charge < -0.3 is 14.8 Å². The van der Waals surface area contributed by atoms with Crippen LogP contribution in [0.4, 0.5) is 0 Å². The highest BCUT2D eigenvalue weighted by molar-refractivity contribution is 7.15. The molecule has 2 aromatic rings. The summed E-state index contributed by atoms with van der Waals surface area (Å²) in [7, 11) is 3.33. The quantitative estimate of drug-likeness (QED) is 0.843. The van der Waals surface area contributed by atoms with Gasteiger partial charge in [-0.25, -0.2) is 4.98 Å². The molecule has 0 saturated heterocycles. The summed E-state index contributed by atoms with van der Waals surface area (Å²) in [5.41, 5.74) is 0.968. The summed E-state index contributed by atoms with van der Waals surface area (Å²) in [5, 5.41) is 4.43. The Morgan fingerprint density at radius 2 is 2.10 bits per heavy atom. The van der Waals surface area contributed by atoms with Crippen LogP contribution >= 0.6 is 11.3 Å². The van der Waals surface area contributed by atoms with Gasteiger partial charge >= 0.3 is 0 Å². The number of nitrogens with zero attached hydrogens (tertiary/aromatic N) is 1. The molecule has 0 saturated carbocycles. The summed E-state index contributed by atoms with van der Waals surface area (Å²) >= 11 is 1.68. The minimum atomic E-state index is 0.313. The van der Waals surface area contributed by atoms with Crippen LogP contribution in [0.5, 0.6) is 11.5 Å². The Labute approximate surface area is 130 Å². The lowest BCUT2D eigenvalue weighted by Crippen LogP contribution is -2.18. The monoisotopic (exact) mass is 306 g/mol. The number of ether oxygens (including phenoxy) is 2. The van der Waals surface area contributed by atoms with Gasteiger partial charge in [-0.05, 0) is 38.1 Å². The Balaban J connectivity index is 2.28. The summed E-state index contributed by atoms with van der Waals surface area (Å²) in [5.74, 6) is 1.62. The fraction of sp³-hybridized carbons (Fsp3) is 0.438. The second kappa shape index (κ2) is 7.43. The number of benzene rings is 1. The normalized spacial score (nSPS) is 12.2. The van der Waals surface area contributed by atoms with Crippen molar-refractivity contribution in [2.75, 3.05) is 20.8 Å². The number of hydrogen-bond acceptors (Lipinski definition) is 5. The Kier molecular flexibility index (Phi) is 5.59. The first-order valence-corrected chi connectivity index (χ1v) is 7.92.